The molecule has 0 N–H and O–H groups in total. The fraction of sp³-hybridized carbons (Fsp3) is 0.176. The van der Waals surface area contributed by atoms with E-state index in [1.54, 1.807) is 24.3 Å². The number of hydrogen-bond acceptors (Lipinski definition) is 4. The van der Waals surface area contributed by atoms with Gasteiger partial charge in [0.2, 0.25) is 0 Å². The molecule has 0 atom stereocenters. The van der Waals surface area contributed by atoms with E-state index in [1.165, 1.54) is 24.1 Å². The summed E-state index contributed by atoms with van der Waals surface area (Å²) in [6.07, 6.45) is 0. The monoisotopic (exact) mass is 330 g/mol. The van der Waals surface area contributed by atoms with Gasteiger partial charge >= 0.3 is 0 Å². The van der Waals surface area contributed by atoms with Gasteiger partial charge in [0.05, 0.1) is 0 Å². The average Bonchev–Trinajstić information content (AvgIpc) is 2.57. The maximum absolute atomic E-state index is 14.3. The fourth-order valence-electron chi connectivity index (χ4n) is 2.27. The van der Waals surface area contributed by atoms with Crippen LogP contribution in [-0.2, 0) is 0 Å². The highest BCUT2D eigenvalue weighted by molar-refractivity contribution is 5.72. The van der Waals surface area contributed by atoms with Crippen molar-refractivity contribution >= 4 is 17.1 Å². The molecule has 0 bridgehead atoms. The molecule has 0 unspecified atom stereocenters. The Kier molecular flexibility index (Phi) is 4.66. The highest BCUT2D eigenvalue weighted by Crippen LogP contribution is 2.35. The van der Waals surface area contributed by atoms with Gasteiger partial charge in [-0.1, -0.05) is 0 Å². The van der Waals surface area contributed by atoms with Crippen molar-refractivity contribution in [1.82, 2.24) is 0 Å². The Hall–Kier alpha value is -3.19. The lowest BCUT2D eigenvalue weighted by molar-refractivity contribution is 0.491. The van der Waals surface area contributed by atoms with E-state index in [1.807, 2.05) is 19.0 Å². The summed E-state index contributed by atoms with van der Waals surface area (Å²) in [5.74, 6) is -4.42. The number of benzene rings is 2. The third kappa shape index (κ3) is 2.72. The summed E-state index contributed by atoms with van der Waals surface area (Å²) in [6.45, 7) is 0. The van der Waals surface area contributed by atoms with E-state index in [9.17, 15) is 13.2 Å². The standard InChI is InChI=1S/C17H13F3N4/c1-23(2)10-4-6-11(7-5-10)24(3)17-13(9-22)14(18)12(8-21)15(19)16(17)20/h4-7H,1-3H3. The molecule has 2 aromatic carbocycles. The molecule has 4 nitrogen and oxygen atoms in total. The second-order valence-corrected chi connectivity index (χ2v) is 5.23. The third-order valence-electron chi connectivity index (χ3n) is 3.61. The van der Waals surface area contributed by atoms with E-state index in [-0.39, 0.29) is 0 Å². The first kappa shape index (κ1) is 17.2. The summed E-state index contributed by atoms with van der Waals surface area (Å²) in [4.78, 5) is 3.02. The van der Waals surface area contributed by atoms with Gasteiger partial charge in [0.1, 0.15) is 29.0 Å². The van der Waals surface area contributed by atoms with Crippen molar-refractivity contribution in [3.8, 4) is 12.1 Å². The molecule has 0 saturated carbocycles. The molecule has 0 saturated heterocycles. The van der Waals surface area contributed by atoms with Gasteiger partial charge in [-0.15, -0.1) is 0 Å². The van der Waals surface area contributed by atoms with Gasteiger partial charge in [-0.3, -0.25) is 0 Å². The van der Waals surface area contributed by atoms with Crippen LogP contribution in [0.5, 0.6) is 0 Å². The Morgan fingerprint density at radius 2 is 1.25 bits per heavy atom. The van der Waals surface area contributed by atoms with Crippen molar-refractivity contribution in [3.63, 3.8) is 0 Å². The molecule has 122 valence electrons. The van der Waals surface area contributed by atoms with E-state index in [4.69, 9.17) is 10.5 Å². The Labute approximate surface area is 137 Å². The van der Waals surface area contributed by atoms with Crippen molar-refractivity contribution in [3.05, 3.63) is 52.8 Å². The third-order valence-corrected chi connectivity index (χ3v) is 3.61. The summed E-state index contributed by atoms with van der Waals surface area (Å²) >= 11 is 0. The van der Waals surface area contributed by atoms with Crippen molar-refractivity contribution in [2.75, 3.05) is 30.9 Å². The zero-order valence-corrected chi connectivity index (χ0v) is 13.2. The number of rotatable bonds is 3. The highest BCUT2D eigenvalue weighted by atomic mass is 19.2. The number of hydrogen-bond donors (Lipinski definition) is 0. The predicted molar refractivity (Wildman–Crippen MR) is 84.6 cm³/mol. The molecule has 0 amide bonds. The molecule has 0 aliphatic rings. The lowest BCUT2D eigenvalue weighted by atomic mass is 10.1. The summed E-state index contributed by atoms with van der Waals surface area (Å²) in [5.41, 5.74) is -1.07. The van der Waals surface area contributed by atoms with Gasteiger partial charge in [0.25, 0.3) is 0 Å². The second kappa shape index (κ2) is 6.51. The summed E-state index contributed by atoms with van der Waals surface area (Å²) in [5, 5.41) is 17.9. The Balaban J connectivity index is 2.64. The quantitative estimate of drug-likeness (QED) is 0.806. The molecule has 0 aliphatic heterocycles. The SMILES string of the molecule is CN(C)c1ccc(N(C)c2c(F)c(F)c(C#N)c(F)c2C#N)cc1. The first-order chi connectivity index (χ1) is 11.3. The molecule has 0 fully saturated rings. The Morgan fingerprint density at radius 1 is 0.750 bits per heavy atom. The van der Waals surface area contributed by atoms with Crippen LogP contribution in [0, 0.1) is 40.1 Å². The largest absolute Gasteiger partial charge is 0.378 e. The van der Waals surface area contributed by atoms with Crippen LogP contribution in [0.3, 0.4) is 0 Å². The van der Waals surface area contributed by atoms with Crippen molar-refractivity contribution in [2.24, 2.45) is 0 Å². The lowest BCUT2D eigenvalue weighted by Crippen LogP contribution is -2.17. The predicted octanol–water partition coefficient (Wildman–Crippen LogP) is 3.68. The minimum absolute atomic E-state index is 0.430. The van der Waals surface area contributed by atoms with Crippen molar-refractivity contribution in [1.29, 1.82) is 10.5 Å². The van der Waals surface area contributed by atoms with Gasteiger partial charge in [-0.25, -0.2) is 13.2 Å². The molecule has 2 rings (SSSR count). The maximum atomic E-state index is 14.3. The van der Waals surface area contributed by atoms with Crippen molar-refractivity contribution in [2.45, 2.75) is 0 Å². The number of anilines is 3. The summed E-state index contributed by atoms with van der Waals surface area (Å²) < 4.78 is 42.4. The lowest BCUT2D eigenvalue weighted by Gasteiger charge is -2.23. The molecule has 0 aliphatic carbocycles. The zero-order valence-electron chi connectivity index (χ0n) is 13.2. The van der Waals surface area contributed by atoms with Gasteiger partial charge in [0.15, 0.2) is 17.5 Å². The zero-order chi connectivity index (χ0) is 18.0. The summed E-state index contributed by atoms with van der Waals surface area (Å²) in [7, 11) is 5.07. The molecule has 0 aromatic heterocycles. The second-order valence-electron chi connectivity index (χ2n) is 5.23. The number of halogens is 3. The van der Waals surface area contributed by atoms with Crippen LogP contribution >= 0.6 is 0 Å². The first-order valence-corrected chi connectivity index (χ1v) is 6.85. The molecular weight excluding hydrogens is 317 g/mol. The molecule has 24 heavy (non-hydrogen) atoms. The van der Waals surface area contributed by atoms with Crippen LogP contribution in [0.1, 0.15) is 11.1 Å². The van der Waals surface area contributed by atoms with Crippen LogP contribution < -0.4 is 9.80 Å². The van der Waals surface area contributed by atoms with Crippen LogP contribution in [0.2, 0.25) is 0 Å². The van der Waals surface area contributed by atoms with E-state index >= 15 is 0 Å². The fourth-order valence-corrected chi connectivity index (χ4v) is 2.27. The molecule has 0 spiro atoms. The number of nitrogens with zero attached hydrogens (tertiary/aromatic N) is 4. The van der Waals surface area contributed by atoms with Gasteiger partial charge in [-0.2, -0.15) is 10.5 Å². The molecule has 2 aromatic rings. The minimum atomic E-state index is -1.61. The topological polar surface area (TPSA) is 54.1 Å². The molecule has 0 heterocycles. The van der Waals surface area contributed by atoms with Gasteiger partial charge in [-0.05, 0) is 24.3 Å². The molecular formula is C17H13F3N4. The smallest absolute Gasteiger partial charge is 0.185 e. The summed E-state index contributed by atoms with van der Waals surface area (Å²) in [6, 6.07) is 9.49. The van der Waals surface area contributed by atoms with E-state index in [0.29, 0.717) is 5.69 Å². The Morgan fingerprint density at radius 3 is 1.71 bits per heavy atom. The van der Waals surface area contributed by atoms with Gasteiger partial charge in [0, 0.05) is 32.5 Å². The molecule has 0 radical (unpaired) electrons. The van der Waals surface area contributed by atoms with E-state index in [2.05, 4.69) is 0 Å². The number of nitriles is 2. The van der Waals surface area contributed by atoms with E-state index in [0.717, 1.165) is 5.69 Å². The molecule has 7 heteroatoms. The van der Waals surface area contributed by atoms with Crippen LogP contribution in [0.15, 0.2) is 24.3 Å². The average molecular weight is 330 g/mol. The maximum Gasteiger partial charge on any atom is 0.185 e. The van der Waals surface area contributed by atoms with E-state index < -0.39 is 34.3 Å². The minimum Gasteiger partial charge on any atom is -0.378 e. The van der Waals surface area contributed by atoms with Crippen LogP contribution in [-0.4, -0.2) is 21.1 Å². The van der Waals surface area contributed by atoms with Gasteiger partial charge < -0.3 is 9.80 Å². The first-order valence-electron chi connectivity index (χ1n) is 6.85. The van der Waals surface area contributed by atoms with Crippen LogP contribution in [0.25, 0.3) is 0 Å². The highest BCUT2D eigenvalue weighted by Gasteiger charge is 2.27. The van der Waals surface area contributed by atoms with Crippen molar-refractivity contribution < 1.29 is 13.2 Å². The normalized spacial score (nSPS) is 10.0. The van der Waals surface area contributed by atoms with Crippen LogP contribution in [0.4, 0.5) is 30.2 Å². The Bertz CT molecular complexity index is 862.